The molecule has 0 aliphatic carbocycles. The fourth-order valence-electron chi connectivity index (χ4n) is 2.66. The number of carbonyl (C=O) groups is 1. The Hall–Kier alpha value is -2.90. The lowest BCUT2D eigenvalue weighted by molar-refractivity contribution is 0.208. The molecule has 3 rings (SSSR count). The van der Waals surface area contributed by atoms with Crippen molar-refractivity contribution < 1.29 is 9.53 Å². The van der Waals surface area contributed by atoms with E-state index < -0.39 is 0 Å². The highest BCUT2D eigenvalue weighted by molar-refractivity contribution is 5.89. The molecule has 8 nitrogen and oxygen atoms in total. The van der Waals surface area contributed by atoms with Crippen LogP contribution in [0.4, 0.5) is 16.4 Å². The zero-order chi connectivity index (χ0) is 16.9. The standard InChI is InChI=1S/C16H20N6O2/c1-12-15(19-7-6-17-12)21-8-10-22(11-9-21)16(23)20-14-13(24-2)4-3-5-18-14/h3-7H,8-11H2,1-2H3,(H,18,20,23). The lowest BCUT2D eigenvalue weighted by atomic mass is 10.3. The van der Waals surface area contributed by atoms with Gasteiger partial charge in [0, 0.05) is 44.8 Å². The Bertz CT molecular complexity index is 715. The van der Waals surface area contributed by atoms with E-state index >= 15 is 0 Å². The summed E-state index contributed by atoms with van der Waals surface area (Å²) in [6.45, 7) is 4.58. The second-order valence-corrected chi connectivity index (χ2v) is 5.42. The zero-order valence-electron chi connectivity index (χ0n) is 13.8. The van der Waals surface area contributed by atoms with Crippen LogP contribution in [0.15, 0.2) is 30.7 Å². The quantitative estimate of drug-likeness (QED) is 0.920. The number of methoxy groups -OCH3 is 1. The molecule has 1 saturated heterocycles. The van der Waals surface area contributed by atoms with E-state index in [2.05, 4.69) is 25.2 Å². The summed E-state index contributed by atoms with van der Waals surface area (Å²) >= 11 is 0. The molecule has 2 amide bonds. The zero-order valence-corrected chi connectivity index (χ0v) is 13.8. The molecule has 0 atom stereocenters. The fraction of sp³-hybridized carbons (Fsp3) is 0.375. The highest BCUT2D eigenvalue weighted by Crippen LogP contribution is 2.21. The van der Waals surface area contributed by atoms with Crippen molar-refractivity contribution in [2.75, 3.05) is 43.5 Å². The van der Waals surface area contributed by atoms with Gasteiger partial charge in [-0.05, 0) is 19.1 Å². The van der Waals surface area contributed by atoms with Gasteiger partial charge in [0.15, 0.2) is 11.6 Å². The molecule has 0 radical (unpaired) electrons. The van der Waals surface area contributed by atoms with Crippen LogP contribution in [0.5, 0.6) is 5.75 Å². The predicted molar refractivity (Wildman–Crippen MR) is 90.4 cm³/mol. The Morgan fingerprint density at radius 2 is 1.88 bits per heavy atom. The van der Waals surface area contributed by atoms with Crippen molar-refractivity contribution in [3.05, 3.63) is 36.4 Å². The van der Waals surface area contributed by atoms with E-state index in [1.54, 1.807) is 42.7 Å². The fourth-order valence-corrected chi connectivity index (χ4v) is 2.66. The smallest absolute Gasteiger partial charge is 0.323 e. The topological polar surface area (TPSA) is 83.5 Å². The van der Waals surface area contributed by atoms with Crippen LogP contribution in [-0.4, -0.2) is 59.2 Å². The highest BCUT2D eigenvalue weighted by atomic mass is 16.5. The minimum atomic E-state index is -0.178. The van der Waals surface area contributed by atoms with Crippen LogP contribution >= 0.6 is 0 Å². The maximum Gasteiger partial charge on any atom is 0.323 e. The molecule has 1 fully saturated rings. The minimum Gasteiger partial charge on any atom is -0.493 e. The van der Waals surface area contributed by atoms with E-state index in [-0.39, 0.29) is 6.03 Å². The number of amides is 2. The maximum atomic E-state index is 12.4. The van der Waals surface area contributed by atoms with Crippen molar-refractivity contribution in [3.8, 4) is 5.75 Å². The number of hydrogen-bond donors (Lipinski definition) is 1. The first kappa shape index (κ1) is 16.0. The Morgan fingerprint density at radius 1 is 1.12 bits per heavy atom. The molecule has 2 aromatic heterocycles. The monoisotopic (exact) mass is 328 g/mol. The molecule has 3 heterocycles. The lowest BCUT2D eigenvalue weighted by Crippen LogP contribution is -2.50. The number of aromatic nitrogens is 3. The van der Waals surface area contributed by atoms with Crippen molar-refractivity contribution in [1.29, 1.82) is 0 Å². The summed E-state index contributed by atoms with van der Waals surface area (Å²) in [5.41, 5.74) is 0.897. The predicted octanol–water partition coefficient (Wildman–Crippen LogP) is 1.54. The Labute approximate surface area is 140 Å². The van der Waals surface area contributed by atoms with E-state index in [0.29, 0.717) is 37.7 Å². The maximum absolute atomic E-state index is 12.4. The van der Waals surface area contributed by atoms with E-state index in [1.165, 1.54) is 0 Å². The molecule has 1 aliphatic rings. The van der Waals surface area contributed by atoms with Gasteiger partial charge in [-0.2, -0.15) is 0 Å². The van der Waals surface area contributed by atoms with Crippen molar-refractivity contribution in [2.24, 2.45) is 0 Å². The molecule has 1 N–H and O–H groups in total. The van der Waals surface area contributed by atoms with Gasteiger partial charge >= 0.3 is 6.03 Å². The molecule has 0 aromatic carbocycles. The minimum absolute atomic E-state index is 0.178. The van der Waals surface area contributed by atoms with Crippen LogP contribution in [0.3, 0.4) is 0 Å². The molecule has 126 valence electrons. The summed E-state index contributed by atoms with van der Waals surface area (Å²) in [4.78, 5) is 29.1. The number of nitrogens with zero attached hydrogens (tertiary/aromatic N) is 5. The van der Waals surface area contributed by atoms with Crippen LogP contribution in [-0.2, 0) is 0 Å². The van der Waals surface area contributed by atoms with Gasteiger partial charge in [0.05, 0.1) is 12.8 Å². The first-order valence-corrected chi connectivity index (χ1v) is 7.76. The molecular formula is C16H20N6O2. The van der Waals surface area contributed by atoms with Crippen LogP contribution in [0, 0.1) is 6.92 Å². The second-order valence-electron chi connectivity index (χ2n) is 5.42. The number of piperazine rings is 1. The number of ether oxygens (including phenoxy) is 1. The number of hydrogen-bond acceptors (Lipinski definition) is 6. The summed E-state index contributed by atoms with van der Waals surface area (Å²) in [5, 5.41) is 2.80. The van der Waals surface area contributed by atoms with Crippen molar-refractivity contribution in [2.45, 2.75) is 6.92 Å². The SMILES string of the molecule is COc1cccnc1NC(=O)N1CCN(c2nccnc2C)CC1. The molecule has 0 saturated carbocycles. The molecule has 8 heteroatoms. The third kappa shape index (κ3) is 3.37. The Balaban J connectivity index is 1.60. The third-order valence-corrected chi connectivity index (χ3v) is 3.94. The molecule has 2 aromatic rings. The summed E-state index contributed by atoms with van der Waals surface area (Å²) < 4.78 is 5.20. The molecular weight excluding hydrogens is 308 g/mol. The third-order valence-electron chi connectivity index (χ3n) is 3.94. The Morgan fingerprint density at radius 3 is 2.58 bits per heavy atom. The van der Waals surface area contributed by atoms with Gasteiger partial charge in [-0.15, -0.1) is 0 Å². The average Bonchev–Trinajstić information content (AvgIpc) is 2.63. The van der Waals surface area contributed by atoms with Gasteiger partial charge in [-0.3, -0.25) is 10.3 Å². The molecule has 0 unspecified atom stereocenters. The first-order valence-electron chi connectivity index (χ1n) is 7.76. The largest absolute Gasteiger partial charge is 0.493 e. The van der Waals surface area contributed by atoms with E-state index in [0.717, 1.165) is 11.5 Å². The summed E-state index contributed by atoms with van der Waals surface area (Å²) in [6, 6.07) is 3.34. The van der Waals surface area contributed by atoms with E-state index in [1.807, 2.05) is 6.92 Å². The Kier molecular flexibility index (Phi) is 4.74. The van der Waals surface area contributed by atoms with Gasteiger partial charge in [0.25, 0.3) is 0 Å². The number of rotatable bonds is 3. The lowest BCUT2D eigenvalue weighted by Gasteiger charge is -2.35. The number of pyridine rings is 1. The molecule has 1 aliphatic heterocycles. The van der Waals surface area contributed by atoms with E-state index in [9.17, 15) is 4.79 Å². The van der Waals surface area contributed by atoms with Crippen LogP contribution in [0.1, 0.15) is 5.69 Å². The van der Waals surface area contributed by atoms with Crippen molar-refractivity contribution in [1.82, 2.24) is 19.9 Å². The number of urea groups is 1. The number of aryl methyl sites for hydroxylation is 1. The van der Waals surface area contributed by atoms with Gasteiger partial charge in [-0.25, -0.2) is 14.8 Å². The van der Waals surface area contributed by atoms with Gasteiger partial charge in [0.1, 0.15) is 5.82 Å². The van der Waals surface area contributed by atoms with Gasteiger partial charge in [-0.1, -0.05) is 0 Å². The second kappa shape index (κ2) is 7.12. The number of anilines is 2. The van der Waals surface area contributed by atoms with Crippen LogP contribution in [0.2, 0.25) is 0 Å². The van der Waals surface area contributed by atoms with Gasteiger partial charge in [0.2, 0.25) is 0 Å². The number of carbonyl (C=O) groups excluding carboxylic acids is 1. The first-order chi connectivity index (χ1) is 11.7. The van der Waals surface area contributed by atoms with Crippen molar-refractivity contribution >= 4 is 17.7 Å². The summed E-state index contributed by atoms with van der Waals surface area (Å²) in [7, 11) is 1.55. The summed E-state index contributed by atoms with van der Waals surface area (Å²) in [6.07, 6.45) is 4.99. The summed E-state index contributed by atoms with van der Waals surface area (Å²) in [5.74, 6) is 1.85. The normalized spacial score (nSPS) is 14.4. The molecule has 0 bridgehead atoms. The van der Waals surface area contributed by atoms with Gasteiger partial charge < -0.3 is 14.5 Å². The van der Waals surface area contributed by atoms with Crippen molar-refractivity contribution in [3.63, 3.8) is 0 Å². The van der Waals surface area contributed by atoms with Crippen LogP contribution < -0.4 is 15.0 Å². The average molecular weight is 328 g/mol. The molecule has 0 spiro atoms. The highest BCUT2D eigenvalue weighted by Gasteiger charge is 2.23. The van der Waals surface area contributed by atoms with E-state index in [4.69, 9.17) is 4.74 Å². The van der Waals surface area contributed by atoms with Crippen LogP contribution in [0.25, 0.3) is 0 Å². The number of nitrogens with one attached hydrogen (secondary N) is 1. The molecule has 24 heavy (non-hydrogen) atoms.